The van der Waals surface area contributed by atoms with Crippen LogP contribution in [0.5, 0.6) is 0 Å². The third kappa shape index (κ3) is 3.79. The van der Waals surface area contributed by atoms with E-state index in [9.17, 15) is 0 Å². The minimum absolute atomic E-state index is 0.424. The van der Waals surface area contributed by atoms with Crippen LogP contribution in [-0.2, 0) is 5.41 Å². The number of hydrogen-bond donors (Lipinski definition) is 0. The summed E-state index contributed by atoms with van der Waals surface area (Å²) in [5.74, 6) is 0. The molecule has 1 heteroatoms. The number of benzene rings is 8. The Hall–Kier alpha value is -6.18. The molecule has 1 spiro atoms. The maximum atomic E-state index is 2.47. The van der Waals surface area contributed by atoms with E-state index in [0.717, 1.165) is 17.1 Å². The molecule has 0 aromatic heterocycles. The van der Waals surface area contributed by atoms with Gasteiger partial charge in [0.25, 0.3) is 0 Å². The SMILES string of the molecule is c1ccc(-c2cccc(N(c3ccccc3)c3ccc4c(c3)C3(c5ccccc5-4)c4ccccc4-c4cc5ccccc5cc43)c2)cc1. The van der Waals surface area contributed by atoms with E-state index in [1.54, 1.807) is 0 Å². The third-order valence-corrected chi connectivity index (χ3v) is 10.4. The predicted molar refractivity (Wildman–Crippen MR) is 200 cm³/mol. The van der Waals surface area contributed by atoms with Crippen LogP contribution >= 0.6 is 0 Å². The van der Waals surface area contributed by atoms with Crippen LogP contribution in [0, 0.1) is 0 Å². The van der Waals surface area contributed by atoms with Crippen LogP contribution in [0.15, 0.2) is 188 Å². The van der Waals surface area contributed by atoms with Gasteiger partial charge < -0.3 is 4.90 Å². The van der Waals surface area contributed by atoms with E-state index in [0.29, 0.717) is 0 Å². The third-order valence-electron chi connectivity index (χ3n) is 10.4. The first-order valence-electron chi connectivity index (χ1n) is 16.7. The number of para-hydroxylation sites is 1. The summed E-state index contributed by atoms with van der Waals surface area (Å²) < 4.78 is 0. The van der Waals surface area contributed by atoms with E-state index in [-0.39, 0.29) is 0 Å². The van der Waals surface area contributed by atoms with E-state index >= 15 is 0 Å². The molecule has 8 aromatic carbocycles. The topological polar surface area (TPSA) is 3.24 Å². The second kappa shape index (κ2) is 10.4. The van der Waals surface area contributed by atoms with Crippen molar-refractivity contribution in [2.75, 3.05) is 4.90 Å². The van der Waals surface area contributed by atoms with Gasteiger partial charge in [-0.3, -0.25) is 0 Å². The minimum atomic E-state index is -0.424. The molecule has 0 bridgehead atoms. The van der Waals surface area contributed by atoms with Gasteiger partial charge in [-0.25, -0.2) is 0 Å². The average molecular weight is 610 g/mol. The van der Waals surface area contributed by atoms with Crippen LogP contribution in [0.3, 0.4) is 0 Å². The van der Waals surface area contributed by atoms with Crippen molar-refractivity contribution in [3.05, 3.63) is 210 Å². The molecule has 0 aliphatic heterocycles. The van der Waals surface area contributed by atoms with Crippen molar-refractivity contribution in [1.29, 1.82) is 0 Å². The Kier molecular flexibility index (Phi) is 5.86. The van der Waals surface area contributed by atoms with Gasteiger partial charge in [0, 0.05) is 17.1 Å². The van der Waals surface area contributed by atoms with Crippen molar-refractivity contribution < 1.29 is 0 Å². The monoisotopic (exact) mass is 609 g/mol. The molecule has 0 saturated carbocycles. The standard InChI is InChI=1S/C47H31N/c1-3-14-32(15-4-1)33-18-13-21-37(28-33)48(36-19-5-2-6-20-36)38-26-27-41-39-22-9-11-24-43(39)47(46(41)31-38)44-25-12-10-23-40(44)42-29-34-16-7-8-17-35(34)30-45(42)47/h1-31H. The number of anilines is 3. The van der Waals surface area contributed by atoms with E-state index in [4.69, 9.17) is 0 Å². The summed E-state index contributed by atoms with van der Waals surface area (Å²) in [7, 11) is 0. The molecule has 1 unspecified atom stereocenters. The van der Waals surface area contributed by atoms with E-state index in [2.05, 4.69) is 193 Å². The summed E-state index contributed by atoms with van der Waals surface area (Å²) in [5.41, 5.74) is 16.1. The summed E-state index contributed by atoms with van der Waals surface area (Å²) >= 11 is 0. The second-order valence-corrected chi connectivity index (χ2v) is 12.9. The maximum absolute atomic E-state index is 2.47. The lowest BCUT2D eigenvalue weighted by Gasteiger charge is -2.32. The van der Waals surface area contributed by atoms with Crippen molar-refractivity contribution in [3.8, 4) is 33.4 Å². The Labute approximate surface area is 281 Å². The Morgan fingerprint density at radius 2 is 0.812 bits per heavy atom. The molecule has 0 amide bonds. The Balaban J connectivity index is 1.26. The van der Waals surface area contributed by atoms with Crippen LogP contribution in [0.1, 0.15) is 22.3 Å². The molecule has 48 heavy (non-hydrogen) atoms. The van der Waals surface area contributed by atoms with Gasteiger partial charge in [0.1, 0.15) is 0 Å². The Morgan fingerprint density at radius 1 is 0.292 bits per heavy atom. The molecular weight excluding hydrogens is 579 g/mol. The smallest absolute Gasteiger partial charge is 0.0726 e. The first kappa shape index (κ1) is 27.0. The van der Waals surface area contributed by atoms with E-state index < -0.39 is 5.41 Å². The summed E-state index contributed by atoms with van der Waals surface area (Å²) in [6.07, 6.45) is 0. The highest BCUT2D eigenvalue weighted by atomic mass is 15.1. The molecule has 0 radical (unpaired) electrons. The molecule has 2 aliphatic carbocycles. The molecule has 1 nitrogen and oxygen atoms in total. The van der Waals surface area contributed by atoms with Gasteiger partial charge in [0.15, 0.2) is 0 Å². The van der Waals surface area contributed by atoms with Gasteiger partial charge in [0.05, 0.1) is 5.41 Å². The molecule has 1 atom stereocenters. The molecule has 8 aromatic rings. The largest absolute Gasteiger partial charge is 0.310 e. The molecule has 0 N–H and O–H groups in total. The fraction of sp³-hybridized carbons (Fsp3) is 0.0213. The summed E-state index contributed by atoms with van der Waals surface area (Å²) in [5, 5.41) is 2.55. The van der Waals surface area contributed by atoms with Crippen LogP contribution in [0.25, 0.3) is 44.2 Å². The highest BCUT2D eigenvalue weighted by Gasteiger charge is 2.51. The van der Waals surface area contributed by atoms with Crippen LogP contribution in [0.2, 0.25) is 0 Å². The molecule has 10 rings (SSSR count). The number of nitrogens with zero attached hydrogens (tertiary/aromatic N) is 1. The van der Waals surface area contributed by atoms with Gasteiger partial charge in [-0.2, -0.15) is 0 Å². The fourth-order valence-electron chi connectivity index (χ4n) is 8.43. The normalized spacial score (nSPS) is 15.2. The minimum Gasteiger partial charge on any atom is -0.310 e. The highest BCUT2D eigenvalue weighted by Crippen LogP contribution is 2.63. The van der Waals surface area contributed by atoms with Crippen molar-refractivity contribution in [2.24, 2.45) is 0 Å². The van der Waals surface area contributed by atoms with Crippen LogP contribution < -0.4 is 4.90 Å². The number of hydrogen-bond acceptors (Lipinski definition) is 1. The molecule has 224 valence electrons. The number of rotatable bonds is 4. The summed E-state index contributed by atoms with van der Waals surface area (Å²) in [6.45, 7) is 0. The van der Waals surface area contributed by atoms with Crippen molar-refractivity contribution in [3.63, 3.8) is 0 Å². The maximum Gasteiger partial charge on any atom is 0.0726 e. The van der Waals surface area contributed by atoms with Crippen LogP contribution in [0.4, 0.5) is 17.1 Å². The fourth-order valence-corrected chi connectivity index (χ4v) is 8.43. The van der Waals surface area contributed by atoms with Gasteiger partial charge >= 0.3 is 0 Å². The molecule has 0 saturated heterocycles. The highest BCUT2D eigenvalue weighted by molar-refractivity contribution is 6.00. The first-order chi connectivity index (χ1) is 23.8. The first-order valence-corrected chi connectivity index (χ1v) is 16.7. The predicted octanol–water partition coefficient (Wildman–Crippen LogP) is 12.3. The quantitative estimate of drug-likeness (QED) is 0.192. The van der Waals surface area contributed by atoms with Crippen molar-refractivity contribution in [2.45, 2.75) is 5.41 Å². The second-order valence-electron chi connectivity index (χ2n) is 12.9. The van der Waals surface area contributed by atoms with Gasteiger partial charge in [-0.15, -0.1) is 0 Å². The zero-order chi connectivity index (χ0) is 31.7. The Bertz CT molecular complexity index is 2510. The van der Waals surface area contributed by atoms with E-state index in [1.165, 1.54) is 66.4 Å². The lowest BCUT2D eigenvalue weighted by Crippen LogP contribution is -2.26. The average Bonchev–Trinajstić information content (AvgIpc) is 3.61. The van der Waals surface area contributed by atoms with Gasteiger partial charge in [0.2, 0.25) is 0 Å². The molecule has 2 aliphatic rings. The van der Waals surface area contributed by atoms with Gasteiger partial charge in [-0.05, 0) is 115 Å². The molecule has 0 fully saturated rings. The van der Waals surface area contributed by atoms with Crippen LogP contribution in [-0.4, -0.2) is 0 Å². The zero-order valence-electron chi connectivity index (χ0n) is 26.3. The van der Waals surface area contributed by atoms with Gasteiger partial charge in [-0.1, -0.05) is 140 Å². The molecular formula is C47H31N. The molecule has 0 heterocycles. The number of fused-ring (bicyclic) bond motifs is 11. The zero-order valence-corrected chi connectivity index (χ0v) is 26.3. The lowest BCUT2D eigenvalue weighted by atomic mass is 9.70. The van der Waals surface area contributed by atoms with E-state index in [1.807, 2.05) is 0 Å². The summed E-state index contributed by atoms with van der Waals surface area (Å²) in [6, 6.07) is 69.2. The summed E-state index contributed by atoms with van der Waals surface area (Å²) in [4.78, 5) is 2.41. The van der Waals surface area contributed by atoms with Crippen molar-refractivity contribution in [1.82, 2.24) is 0 Å². The Morgan fingerprint density at radius 3 is 1.56 bits per heavy atom. The van der Waals surface area contributed by atoms with Crippen molar-refractivity contribution >= 4 is 27.8 Å². The lowest BCUT2D eigenvalue weighted by molar-refractivity contribution is 0.795.